The number of hydrogen-bond acceptors (Lipinski definition) is 5. The van der Waals surface area contributed by atoms with Gasteiger partial charge >= 0.3 is 5.97 Å². The Morgan fingerprint density at radius 1 is 1.07 bits per heavy atom. The molecule has 0 aromatic heterocycles. The van der Waals surface area contributed by atoms with Crippen molar-refractivity contribution in [3.63, 3.8) is 0 Å². The molecule has 1 fully saturated rings. The van der Waals surface area contributed by atoms with Crippen LogP contribution in [0.4, 0.5) is 0 Å². The summed E-state index contributed by atoms with van der Waals surface area (Å²) in [6.07, 6.45) is 0.752. The van der Waals surface area contributed by atoms with Crippen molar-refractivity contribution in [1.82, 2.24) is 9.80 Å². The van der Waals surface area contributed by atoms with Crippen LogP contribution in [0.3, 0.4) is 0 Å². The molecule has 2 aromatic rings. The van der Waals surface area contributed by atoms with Crippen molar-refractivity contribution in [3.05, 3.63) is 71.8 Å². The first-order chi connectivity index (χ1) is 13.5. The molecule has 1 saturated heterocycles. The molecule has 0 saturated carbocycles. The summed E-state index contributed by atoms with van der Waals surface area (Å²) in [6, 6.07) is 18.5. The van der Waals surface area contributed by atoms with E-state index in [1.807, 2.05) is 36.4 Å². The minimum atomic E-state index is -1.80. The highest BCUT2D eigenvalue weighted by molar-refractivity contribution is 5.85. The van der Waals surface area contributed by atoms with Crippen LogP contribution in [0.15, 0.2) is 60.7 Å². The van der Waals surface area contributed by atoms with Crippen LogP contribution in [0.2, 0.25) is 0 Å². The highest BCUT2D eigenvalue weighted by Crippen LogP contribution is 2.31. The Bertz CT molecular complexity index is 718. The van der Waals surface area contributed by atoms with Gasteiger partial charge in [-0.1, -0.05) is 60.7 Å². The third kappa shape index (κ3) is 5.58. The lowest BCUT2D eigenvalue weighted by molar-refractivity contribution is -0.162. The molecule has 1 heterocycles. The third-order valence-corrected chi connectivity index (χ3v) is 5.57. The number of halogens is 1. The second-order valence-electron chi connectivity index (χ2n) is 7.56. The monoisotopic (exact) mass is 418 g/mol. The summed E-state index contributed by atoms with van der Waals surface area (Å²) in [5.41, 5.74) is -0.775. The molecule has 0 aliphatic carbocycles. The van der Waals surface area contributed by atoms with Gasteiger partial charge in [0.2, 0.25) is 5.60 Å². The van der Waals surface area contributed by atoms with Crippen LogP contribution < -0.4 is 0 Å². The van der Waals surface area contributed by atoms with Gasteiger partial charge in [0.1, 0.15) is 0 Å². The number of carbonyl (C=O) groups is 1. The van der Waals surface area contributed by atoms with Crippen LogP contribution in [0.1, 0.15) is 24.5 Å². The summed E-state index contributed by atoms with van der Waals surface area (Å²) < 4.78 is 5.53. The van der Waals surface area contributed by atoms with Gasteiger partial charge in [-0.25, -0.2) is 4.79 Å². The first-order valence-electron chi connectivity index (χ1n) is 9.95. The summed E-state index contributed by atoms with van der Waals surface area (Å²) in [4.78, 5) is 17.7. The fraction of sp³-hybridized carbons (Fsp3) is 0.435. The number of ether oxygens (including phenoxy) is 1. The van der Waals surface area contributed by atoms with Crippen LogP contribution in [0, 0.1) is 0 Å². The quantitative estimate of drug-likeness (QED) is 0.553. The first-order valence-corrected chi connectivity index (χ1v) is 9.95. The maximum atomic E-state index is 12.9. The molecule has 6 heteroatoms. The Morgan fingerprint density at radius 2 is 1.62 bits per heavy atom. The zero-order valence-electron chi connectivity index (χ0n) is 17.2. The molecular weight excluding hydrogens is 388 g/mol. The number of benzene rings is 2. The summed E-state index contributed by atoms with van der Waals surface area (Å²) >= 11 is 0. The SMILES string of the molecule is CC1CN(CCCOC(=O)C(O)(c2ccccc2)c2ccccc2)CCN1C.Cl. The molecule has 158 valence electrons. The number of esters is 1. The first kappa shape index (κ1) is 23.4. The van der Waals surface area contributed by atoms with Crippen molar-refractivity contribution >= 4 is 18.4 Å². The maximum absolute atomic E-state index is 12.9. The second kappa shape index (κ2) is 10.7. The molecule has 1 unspecified atom stereocenters. The minimum absolute atomic E-state index is 0. The topological polar surface area (TPSA) is 53.0 Å². The van der Waals surface area contributed by atoms with Gasteiger partial charge in [0.15, 0.2) is 0 Å². The Labute approximate surface area is 179 Å². The number of carbonyl (C=O) groups excluding carboxylic acids is 1. The van der Waals surface area contributed by atoms with Crippen molar-refractivity contribution in [2.24, 2.45) is 0 Å². The van der Waals surface area contributed by atoms with E-state index in [0.29, 0.717) is 23.8 Å². The smallest absolute Gasteiger partial charge is 0.347 e. The molecule has 0 amide bonds. The van der Waals surface area contributed by atoms with Gasteiger partial charge in [-0.15, -0.1) is 12.4 Å². The fourth-order valence-corrected chi connectivity index (χ4v) is 3.65. The van der Waals surface area contributed by atoms with Crippen LogP contribution in [-0.4, -0.2) is 66.8 Å². The van der Waals surface area contributed by atoms with E-state index < -0.39 is 11.6 Å². The van der Waals surface area contributed by atoms with E-state index in [9.17, 15) is 9.90 Å². The molecular formula is C23H31ClN2O3. The number of nitrogens with zero attached hydrogens (tertiary/aromatic N) is 2. The van der Waals surface area contributed by atoms with E-state index in [1.54, 1.807) is 24.3 Å². The predicted octanol–water partition coefficient (Wildman–Crippen LogP) is 2.91. The largest absolute Gasteiger partial charge is 0.463 e. The van der Waals surface area contributed by atoms with Crippen molar-refractivity contribution in [2.45, 2.75) is 25.0 Å². The average molecular weight is 419 g/mol. The molecule has 1 aliphatic heterocycles. The summed E-state index contributed by atoms with van der Waals surface area (Å²) in [7, 11) is 2.15. The van der Waals surface area contributed by atoms with E-state index in [1.165, 1.54) is 0 Å². The summed E-state index contributed by atoms with van der Waals surface area (Å²) in [5.74, 6) is -0.628. The summed E-state index contributed by atoms with van der Waals surface area (Å²) in [6.45, 7) is 6.53. The Hall–Kier alpha value is -1.92. The second-order valence-corrected chi connectivity index (χ2v) is 7.56. The molecule has 0 spiro atoms. The molecule has 1 atom stereocenters. The van der Waals surface area contributed by atoms with Crippen molar-refractivity contribution < 1.29 is 14.6 Å². The van der Waals surface area contributed by atoms with Crippen molar-refractivity contribution in [3.8, 4) is 0 Å². The third-order valence-electron chi connectivity index (χ3n) is 5.57. The van der Waals surface area contributed by atoms with Crippen LogP contribution in [-0.2, 0) is 15.1 Å². The Kier molecular flexibility index (Phi) is 8.65. The molecule has 0 radical (unpaired) electrons. The molecule has 5 nitrogen and oxygen atoms in total. The van der Waals surface area contributed by atoms with Gasteiger partial charge in [0, 0.05) is 32.2 Å². The maximum Gasteiger partial charge on any atom is 0.347 e. The number of hydrogen-bond donors (Lipinski definition) is 1. The zero-order chi connectivity index (χ0) is 20.0. The Balaban J connectivity index is 0.00000300. The number of piperazine rings is 1. The van der Waals surface area contributed by atoms with E-state index in [4.69, 9.17) is 4.74 Å². The van der Waals surface area contributed by atoms with E-state index in [2.05, 4.69) is 23.8 Å². The average Bonchev–Trinajstić information content (AvgIpc) is 2.74. The normalized spacial score (nSPS) is 18.1. The molecule has 2 aromatic carbocycles. The minimum Gasteiger partial charge on any atom is -0.463 e. The Morgan fingerprint density at radius 3 is 2.14 bits per heavy atom. The number of likely N-dealkylation sites (N-methyl/N-ethyl adjacent to an activating group) is 1. The van der Waals surface area contributed by atoms with E-state index >= 15 is 0 Å². The zero-order valence-corrected chi connectivity index (χ0v) is 18.0. The van der Waals surface area contributed by atoms with Gasteiger partial charge in [0.05, 0.1) is 6.61 Å². The predicted molar refractivity (Wildman–Crippen MR) is 117 cm³/mol. The lowest BCUT2D eigenvalue weighted by Gasteiger charge is -2.37. The van der Waals surface area contributed by atoms with Crippen molar-refractivity contribution in [2.75, 3.05) is 39.8 Å². The highest BCUT2D eigenvalue weighted by atomic mass is 35.5. The molecule has 1 aliphatic rings. The molecule has 29 heavy (non-hydrogen) atoms. The van der Waals surface area contributed by atoms with Crippen LogP contribution in [0.25, 0.3) is 0 Å². The summed E-state index contributed by atoms with van der Waals surface area (Å²) in [5, 5.41) is 11.3. The van der Waals surface area contributed by atoms with Gasteiger partial charge in [-0.3, -0.25) is 0 Å². The van der Waals surface area contributed by atoms with Gasteiger partial charge in [-0.2, -0.15) is 0 Å². The van der Waals surface area contributed by atoms with Gasteiger partial charge < -0.3 is 19.6 Å². The van der Waals surface area contributed by atoms with E-state index in [0.717, 1.165) is 32.6 Å². The fourth-order valence-electron chi connectivity index (χ4n) is 3.65. The van der Waals surface area contributed by atoms with Gasteiger partial charge in [0.25, 0.3) is 0 Å². The van der Waals surface area contributed by atoms with Crippen LogP contribution in [0.5, 0.6) is 0 Å². The lowest BCUT2D eigenvalue weighted by atomic mass is 9.86. The van der Waals surface area contributed by atoms with Gasteiger partial charge in [-0.05, 0) is 31.5 Å². The molecule has 3 rings (SSSR count). The highest BCUT2D eigenvalue weighted by Gasteiger charge is 2.41. The lowest BCUT2D eigenvalue weighted by Crippen LogP contribution is -2.50. The van der Waals surface area contributed by atoms with E-state index in [-0.39, 0.29) is 12.4 Å². The molecule has 1 N–H and O–H groups in total. The van der Waals surface area contributed by atoms with Crippen molar-refractivity contribution in [1.29, 1.82) is 0 Å². The van der Waals surface area contributed by atoms with Crippen LogP contribution >= 0.6 is 12.4 Å². The molecule has 0 bridgehead atoms. The number of aliphatic hydroxyl groups is 1. The number of rotatable bonds is 7. The standard InChI is InChI=1S/C23H30N2O3.ClH/c1-19-18-25(16-15-24(19)2)14-9-17-28-22(26)23(27,20-10-5-3-6-11-20)21-12-7-4-8-13-21;/h3-8,10-13,19,27H,9,14-18H2,1-2H3;1H.